The minimum atomic E-state index is -1.39. The summed E-state index contributed by atoms with van der Waals surface area (Å²) < 4.78 is 0. The second-order valence-corrected chi connectivity index (χ2v) is 7.74. The van der Waals surface area contributed by atoms with Crippen LogP contribution in [-0.2, 0) is 4.79 Å². The number of nitrogens with one attached hydrogen (secondary N) is 2. The van der Waals surface area contributed by atoms with E-state index in [1.165, 1.54) is 29.2 Å². The van der Waals surface area contributed by atoms with Gasteiger partial charge in [-0.2, -0.15) is 0 Å². The van der Waals surface area contributed by atoms with E-state index in [1.54, 1.807) is 6.92 Å². The number of non-ortho nitro benzene ring substituents is 1. The van der Waals surface area contributed by atoms with Crippen LogP contribution in [0, 0.1) is 17.0 Å². The third-order valence-corrected chi connectivity index (χ3v) is 5.63. The van der Waals surface area contributed by atoms with Gasteiger partial charge in [0.05, 0.1) is 4.92 Å². The lowest BCUT2D eigenvalue weighted by atomic mass is 9.89. The molecule has 2 aliphatic heterocycles. The second kappa shape index (κ2) is 7.78. The van der Waals surface area contributed by atoms with E-state index in [4.69, 9.17) is 0 Å². The highest BCUT2D eigenvalue weighted by Gasteiger charge is 2.40. The lowest BCUT2D eigenvalue weighted by Gasteiger charge is -2.27. The number of aryl methyl sites for hydroxylation is 1. The fourth-order valence-electron chi connectivity index (χ4n) is 4.13. The van der Waals surface area contributed by atoms with Gasteiger partial charge in [0.15, 0.2) is 5.78 Å². The fourth-order valence-corrected chi connectivity index (χ4v) is 4.13. The number of aromatic amines is 1. The number of H-pyrrole nitrogens is 1. The molecule has 0 saturated carbocycles. The molecule has 2 aliphatic rings. The van der Waals surface area contributed by atoms with Crippen molar-refractivity contribution in [1.29, 1.82) is 0 Å². The van der Waals surface area contributed by atoms with Crippen molar-refractivity contribution in [3.63, 3.8) is 0 Å². The number of benzene rings is 1. The Labute approximate surface area is 176 Å². The highest BCUT2D eigenvalue weighted by atomic mass is 16.6. The maximum Gasteiger partial charge on any atom is 0.269 e. The quantitative estimate of drug-likeness (QED) is 0.333. The van der Waals surface area contributed by atoms with Gasteiger partial charge in [0.25, 0.3) is 17.2 Å². The molecular formula is C21H20N4O6. The standard InChI is InChI=1S/C21H20N4O6/c1-11-9-14(17(20(28)22-11)21(29)24-7-3-2-4-8-24)18(26)16-13-10-12(25(30)31)5-6-15(13)23-19(16)27/h5-6,9-10,16H,2-4,7-8H2,1H3,(H,22,28)(H,23,27). The van der Waals surface area contributed by atoms with Crippen molar-refractivity contribution in [2.75, 3.05) is 18.4 Å². The van der Waals surface area contributed by atoms with Crippen LogP contribution in [0.1, 0.15) is 57.2 Å². The molecule has 2 amide bonds. The Balaban J connectivity index is 1.80. The lowest BCUT2D eigenvalue weighted by molar-refractivity contribution is -0.384. The molecule has 31 heavy (non-hydrogen) atoms. The number of piperidine rings is 1. The molecule has 0 radical (unpaired) electrons. The number of hydrogen-bond donors (Lipinski definition) is 2. The van der Waals surface area contributed by atoms with Crippen LogP contribution in [0.5, 0.6) is 0 Å². The summed E-state index contributed by atoms with van der Waals surface area (Å²) in [6.07, 6.45) is 2.60. The average molecular weight is 424 g/mol. The van der Waals surface area contributed by atoms with Crippen LogP contribution in [0.25, 0.3) is 0 Å². The number of nitro benzene ring substituents is 1. The number of amides is 2. The zero-order valence-corrected chi connectivity index (χ0v) is 16.8. The summed E-state index contributed by atoms with van der Waals surface area (Å²) in [7, 11) is 0. The number of ketones is 1. The third-order valence-electron chi connectivity index (χ3n) is 5.63. The highest BCUT2D eigenvalue weighted by Crippen LogP contribution is 2.37. The van der Waals surface area contributed by atoms with E-state index >= 15 is 0 Å². The number of aromatic nitrogens is 1. The van der Waals surface area contributed by atoms with Gasteiger partial charge in [0.2, 0.25) is 5.91 Å². The molecule has 1 atom stereocenters. The molecule has 3 heterocycles. The van der Waals surface area contributed by atoms with Crippen molar-refractivity contribution >= 4 is 29.0 Å². The van der Waals surface area contributed by atoms with Crippen molar-refractivity contribution in [2.45, 2.75) is 32.1 Å². The van der Waals surface area contributed by atoms with E-state index in [9.17, 15) is 29.3 Å². The minimum Gasteiger partial charge on any atom is -0.338 e. The van der Waals surface area contributed by atoms with Crippen molar-refractivity contribution in [2.24, 2.45) is 0 Å². The lowest BCUT2D eigenvalue weighted by Crippen LogP contribution is -2.40. The van der Waals surface area contributed by atoms with E-state index in [2.05, 4.69) is 10.3 Å². The first-order chi connectivity index (χ1) is 14.8. The molecule has 1 unspecified atom stereocenters. The largest absolute Gasteiger partial charge is 0.338 e. The number of rotatable bonds is 4. The zero-order chi connectivity index (χ0) is 22.3. The van der Waals surface area contributed by atoms with Crippen LogP contribution in [0.3, 0.4) is 0 Å². The molecule has 0 bridgehead atoms. The Morgan fingerprint density at radius 1 is 1.13 bits per heavy atom. The van der Waals surface area contributed by atoms with Gasteiger partial charge in [-0.1, -0.05) is 0 Å². The van der Waals surface area contributed by atoms with E-state index in [1.807, 2.05) is 0 Å². The molecule has 160 valence electrons. The summed E-state index contributed by atoms with van der Waals surface area (Å²) >= 11 is 0. The van der Waals surface area contributed by atoms with Crippen molar-refractivity contribution in [3.05, 3.63) is 67.1 Å². The molecule has 0 spiro atoms. The first-order valence-corrected chi connectivity index (χ1v) is 9.94. The first kappa shape index (κ1) is 20.5. The number of hydrogen-bond acceptors (Lipinski definition) is 6. The number of anilines is 1. The predicted molar refractivity (Wildman–Crippen MR) is 110 cm³/mol. The molecule has 1 aromatic carbocycles. The maximum atomic E-state index is 13.5. The third kappa shape index (κ3) is 3.60. The number of pyridine rings is 1. The van der Waals surface area contributed by atoms with Crippen LogP contribution in [0.15, 0.2) is 29.1 Å². The summed E-state index contributed by atoms with van der Waals surface area (Å²) in [4.78, 5) is 66.5. The SMILES string of the molecule is Cc1cc(C(=O)C2C(=O)Nc3ccc([N+](=O)[O-])cc32)c(C(=O)N2CCCCC2)c(=O)[nH]1. The van der Waals surface area contributed by atoms with Gasteiger partial charge in [0.1, 0.15) is 11.5 Å². The van der Waals surface area contributed by atoms with Crippen molar-refractivity contribution in [1.82, 2.24) is 9.88 Å². The number of likely N-dealkylation sites (tertiary alicyclic amines) is 1. The molecule has 0 aliphatic carbocycles. The molecule has 10 nitrogen and oxygen atoms in total. The molecular weight excluding hydrogens is 404 g/mol. The molecule has 1 saturated heterocycles. The summed E-state index contributed by atoms with van der Waals surface area (Å²) in [5, 5.41) is 13.7. The minimum absolute atomic E-state index is 0.151. The number of fused-ring (bicyclic) bond motifs is 1. The van der Waals surface area contributed by atoms with E-state index < -0.39 is 34.0 Å². The Kier molecular flexibility index (Phi) is 5.14. The summed E-state index contributed by atoms with van der Waals surface area (Å²) in [6, 6.07) is 5.14. The Hall–Kier alpha value is -3.82. The van der Waals surface area contributed by atoms with Crippen LogP contribution < -0.4 is 10.9 Å². The van der Waals surface area contributed by atoms with Crippen molar-refractivity contribution < 1.29 is 19.3 Å². The number of Topliss-reactive ketones (excluding diaryl/α,β-unsaturated/α-hetero) is 1. The monoisotopic (exact) mass is 424 g/mol. The first-order valence-electron chi connectivity index (χ1n) is 9.94. The molecule has 2 aromatic rings. The van der Waals surface area contributed by atoms with Gasteiger partial charge in [-0.25, -0.2) is 0 Å². The van der Waals surface area contributed by atoms with Crippen LogP contribution in [0.2, 0.25) is 0 Å². The summed E-state index contributed by atoms with van der Waals surface area (Å²) in [6.45, 7) is 2.54. The van der Waals surface area contributed by atoms with Gasteiger partial charge in [0, 0.05) is 47.7 Å². The van der Waals surface area contributed by atoms with Crippen molar-refractivity contribution in [3.8, 4) is 0 Å². The predicted octanol–water partition coefficient (Wildman–Crippen LogP) is 2.14. The molecule has 1 fully saturated rings. The van der Waals surface area contributed by atoms with Gasteiger partial charge in [-0.3, -0.25) is 29.3 Å². The smallest absolute Gasteiger partial charge is 0.269 e. The Morgan fingerprint density at radius 3 is 2.52 bits per heavy atom. The molecule has 2 N–H and O–H groups in total. The van der Waals surface area contributed by atoms with E-state index in [-0.39, 0.29) is 22.4 Å². The van der Waals surface area contributed by atoms with Gasteiger partial charge in [-0.15, -0.1) is 0 Å². The number of carbonyl (C=O) groups is 3. The maximum absolute atomic E-state index is 13.5. The van der Waals surface area contributed by atoms with Gasteiger partial charge in [-0.05, 0) is 38.3 Å². The molecule has 1 aromatic heterocycles. The van der Waals surface area contributed by atoms with Crippen LogP contribution in [0.4, 0.5) is 11.4 Å². The average Bonchev–Trinajstić information content (AvgIpc) is 3.07. The number of nitrogens with zero attached hydrogens (tertiary/aromatic N) is 2. The molecule has 4 rings (SSSR count). The van der Waals surface area contributed by atoms with E-state index in [0.717, 1.165) is 19.3 Å². The normalized spacial score (nSPS) is 17.8. The van der Waals surface area contributed by atoms with Gasteiger partial charge >= 0.3 is 0 Å². The summed E-state index contributed by atoms with van der Waals surface area (Å²) in [5.41, 5.74) is -0.615. The fraction of sp³-hybridized carbons (Fsp3) is 0.333. The molecule has 10 heteroatoms. The Bertz CT molecular complexity index is 1180. The second-order valence-electron chi connectivity index (χ2n) is 7.74. The zero-order valence-electron chi connectivity index (χ0n) is 16.8. The number of nitro groups is 1. The summed E-state index contributed by atoms with van der Waals surface area (Å²) in [5.74, 6) is -3.34. The highest BCUT2D eigenvalue weighted by molar-refractivity contribution is 6.23. The van der Waals surface area contributed by atoms with Gasteiger partial charge < -0.3 is 15.2 Å². The van der Waals surface area contributed by atoms with E-state index in [0.29, 0.717) is 24.5 Å². The number of carbonyl (C=O) groups excluding carboxylic acids is 3. The van der Waals surface area contributed by atoms with Crippen LogP contribution >= 0.6 is 0 Å². The van der Waals surface area contributed by atoms with Crippen LogP contribution in [-0.4, -0.2) is 45.5 Å². The topological polar surface area (TPSA) is 142 Å². The Morgan fingerprint density at radius 2 is 1.84 bits per heavy atom.